The molecular formula is C54H90N4O12S2. The Labute approximate surface area is 442 Å². The molecule has 72 heavy (non-hydrogen) atoms. The van der Waals surface area contributed by atoms with Crippen LogP contribution in [0.15, 0.2) is 119 Å². The lowest BCUT2D eigenvalue weighted by molar-refractivity contribution is -0.195. The number of nitrogens with two attached hydrogens (primary N) is 3. The van der Waals surface area contributed by atoms with Gasteiger partial charge in [-0.05, 0) is 126 Å². The molecule has 0 amide bonds. The predicted molar refractivity (Wildman–Crippen MR) is 298 cm³/mol. The maximum Gasteiger partial charge on any atom is 0.161 e. The number of hydrogen-bond donors (Lipinski definition) is 5. The summed E-state index contributed by atoms with van der Waals surface area (Å²) < 4.78 is 47.2. The van der Waals surface area contributed by atoms with Crippen LogP contribution in [0.3, 0.4) is 0 Å². The Hall–Kier alpha value is -4.96. The second-order valence-electron chi connectivity index (χ2n) is 14.1. The van der Waals surface area contributed by atoms with Gasteiger partial charge in [0.1, 0.15) is 30.5 Å². The summed E-state index contributed by atoms with van der Waals surface area (Å²) in [4.78, 5) is 9.81. The lowest BCUT2D eigenvalue weighted by atomic mass is 10.1. The molecular weight excluding hydrogens is 961 g/mol. The maximum atomic E-state index is 8.58. The number of aryl methyl sites for hydroxylation is 1. The molecule has 2 unspecified atom stereocenters. The molecule has 410 valence electrons. The monoisotopic (exact) mass is 1050 g/mol. The van der Waals surface area contributed by atoms with Crippen LogP contribution in [-0.2, 0) is 31.5 Å². The lowest BCUT2D eigenvalue weighted by Crippen LogP contribution is -2.31. The fourth-order valence-corrected chi connectivity index (χ4v) is 7.01. The Balaban J connectivity index is -0.000000451. The molecule has 0 spiro atoms. The normalized spacial score (nSPS) is 10.4. The molecule has 0 saturated carbocycles. The van der Waals surface area contributed by atoms with Gasteiger partial charge in [-0.3, -0.25) is 0 Å². The van der Waals surface area contributed by atoms with Crippen molar-refractivity contribution in [2.75, 3.05) is 60.4 Å². The number of hydrogen-bond acceptors (Lipinski definition) is 18. The van der Waals surface area contributed by atoms with E-state index in [1.54, 1.807) is 14.2 Å². The smallest absolute Gasteiger partial charge is 0.161 e. The van der Waals surface area contributed by atoms with Crippen LogP contribution in [0.5, 0.6) is 40.2 Å². The fourth-order valence-electron chi connectivity index (χ4n) is 5.92. The van der Waals surface area contributed by atoms with E-state index in [-0.39, 0.29) is 55.8 Å². The Morgan fingerprint density at radius 2 is 0.917 bits per heavy atom. The summed E-state index contributed by atoms with van der Waals surface area (Å²) in [6, 6.07) is 35.2. The van der Waals surface area contributed by atoms with Crippen molar-refractivity contribution in [2.24, 2.45) is 17.5 Å². The standard InChI is InChI=1S/C20H28N2O5S.C10H16N2O3S.C10H14O3.C9H12O.5CH4/c1-4-24-17-7-5-6-8-18(17)25-12-11-22-15(2)13-16-9-10-19(23-3)20(14-16)28-27-26-21;1-7(11)5-8-3-4-9(13-2)10(6-8)16-15-14-12;1-2-12-9-5-3-4-6-10(9)13-8-7-11;1-3-10-9-7-5-4-6-8(9)2;;;;;/h5-10,14-15,22H,4,11-13,21H2,1-3H3;3-4,6-7H,5,11-12H2,1-2H3;3-6,11H,2,7-8H2,1H3;4-7H,3H2,1-2H3;5*1H4. The molecule has 0 aromatic heterocycles. The number of benzene rings is 5. The molecule has 16 nitrogen and oxygen atoms in total. The molecule has 0 bridgehead atoms. The van der Waals surface area contributed by atoms with Gasteiger partial charge in [0.25, 0.3) is 0 Å². The van der Waals surface area contributed by atoms with Crippen molar-refractivity contribution in [3.63, 3.8) is 0 Å². The van der Waals surface area contributed by atoms with Crippen LogP contribution in [0.1, 0.15) is 88.4 Å². The quantitative estimate of drug-likeness (QED) is 0.0151. The number of para-hydroxylation sites is 5. The van der Waals surface area contributed by atoms with Crippen LogP contribution in [0.2, 0.25) is 0 Å². The van der Waals surface area contributed by atoms with Gasteiger partial charge < -0.3 is 49.3 Å². The topological polar surface area (TPSA) is 212 Å². The molecule has 0 radical (unpaired) electrons. The van der Waals surface area contributed by atoms with Gasteiger partial charge in [-0.25, -0.2) is 0 Å². The largest absolute Gasteiger partial charge is 0.495 e. The molecule has 18 heteroatoms. The molecule has 0 heterocycles. The third-order valence-corrected chi connectivity index (χ3v) is 10.1. The molecule has 0 aliphatic rings. The molecule has 5 rings (SSSR count). The van der Waals surface area contributed by atoms with Gasteiger partial charge >= 0.3 is 0 Å². The van der Waals surface area contributed by atoms with E-state index in [0.717, 1.165) is 94.0 Å². The van der Waals surface area contributed by atoms with Crippen molar-refractivity contribution in [1.82, 2.24) is 5.32 Å². The van der Waals surface area contributed by atoms with Crippen LogP contribution in [0.4, 0.5) is 0 Å². The Kier molecular flexibility index (Phi) is 46.9. The molecule has 5 aromatic carbocycles. The average Bonchev–Trinajstić information content (AvgIpc) is 3.33. The predicted octanol–water partition coefficient (Wildman–Crippen LogP) is 12.0. The van der Waals surface area contributed by atoms with Crippen LogP contribution < -0.4 is 56.0 Å². The van der Waals surface area contributed by atoms with Gasteiger partial charge in [0.15, 0.2) is 23.0 Å². The second kappa shape index (κ2) is 45.9. The molecule has 5 aromatic rings. The first-order chi connectivity index (χ1) is 32.6. The van der Waals surface area contributed by atoms with E-state index < -0.39 is 0 Å². The summed E-state index contributed by atoms with van der Waals surface area (Å²) in [6.07, 6.45) is 1.64. The number of aliphatic hydroxyl groups is 1. The molecule has 0 fully saturated rings. The minimum absolute atomic E-state index is 0. The number of aliphatic hydroxyl groups excluding tert-OH is 1. The molecule has 2 atom stereocenters. The molecule has 8 N–H and O–H groups in total. The zero-order chi connectivity index (χ0) is 49.1. The minimum atomic E-state index is 0. The van der Waals surface area contributed by atoms with Gasteiger partial charge in [-0.1, -0.05) is 91.7 Å². The van der Waals surface area contributed by atoms with Crippen molar-refractivity contribution in [3.05, 3.63) is 126 Å². The van der Waals surface area contributed by atoms with Crippen LogP contribution in [-0.4, -0.2) is 77.6 Å². The van der Waals surface area contributed by atoms with E-state index in [9.17, 15) is 0 Å². The number of nitrogens with one attached hydrogen (secondary N) is 1. The SMILES string of the molecule is C.C.C.C.C.CCOc1ccccc1C.CCOc1ccccc1OCCNC(C)Cc1ccc(OC)c(SOON)c1.CCOc1ccccc1OCCO.COc1ccc(CC(C)N)cc1SOON. The van der Waals surface area contributed by atoms with Crippen LogP contribution >= 0.6 is 24.1 Å². The van der Waals surface area contributed by atoms with E-state index in [4.69, 9.17) is 60.1 Å². The maximum absolute atomic E-state index is 8.58. The molecule has 0 aliphatic heterocycles. The first-order valence-corrected chi connectivity index (χ1v) is 23.3. The molecule has 0 saturated heterocycles. The van der Waals surface area contributed by atoms with Gasteiger partial charge in [-0.15, -0.1) is 18.6 Å². The van der Waals surface area contributed by atoms with Crippen LogP contribution in [0, 0.1) is 6.92 Å². The zero-order valence-corrected chi connectivity index (χ0v) is 41.5. The highest BCUT2D eigenvalue weighted by Crippen LogP contribution is 2.32. The summed E-state index contributed by atoms with van der Waals surface area (Å²) >= 11 is 2.01. The summed E-state index contributed by atoms with van der Waals surface area (Å²) in [5.41, 5.74) is 9.18. The van der Waals surface area contributed by atoms with Crippen molar-refractivity contribution >= 4 is 24.1 Å². The van der Waals surface area contributed by atoms with E-state index in [1.165, 1.54) is 5.56 Å². The first kappa shape index (κ1) is 73.6. The summed E-state index contributed by atoms with van der Waals surface area (Å²) in [5, 5.41) is 12.0. The third kappa shape index (κ3) is 30.2. The fraction of sp³-hybridized carbons (Fsp3) is 0.444. The van der Waals surface area contributed by atoms with Gasteiger partial charge in [0.05, 0.1) is 74.5 Å². The highest BCUT2D eigenvalue weighted by Gasteiger charge is 2.11. The Morgan fingerprint density at radius 1 is 0.528 bits per heavy atom. The van der Waals surface area contributed by atoms with Crippen molar-refractivity contribution in [2.45, 2.75) is 113 Å². The summed E-state index contributed by atoms with van der Waals surface area (Å²) in [7, 11) is 3.20. The first-order valence-electron chi connectivity index (χ1n) is 21.8. The molecule has 0 aliphatic carbocycles. The number of methoxy groups -OCH3 is 2. The van der Waals surface area contributed by atoms with Crippen molar-refractivity contribution < 1.29 is 56.9 Å². The van der Waals surface area contributed by atoms with E-state index in [1.807, 2.05) is 144 Å². The number of ether oxygens (including phenoxy) is 7. The summed E-state index contributed by atoms with van der Waals surface area (Å²) in [5.74, 6) is 15.0. The minimum Gasteiger partial charge on any atom is -0.495 e. The lowest BCUT2D eigenvalue weighted by Gasteiger charge is -2.16. The van der Waals surface area contributed by atoms with Crippen LogP contribution in [0.25, 0.3) is 0 Å². The van der Waals surface area contributed by atoms with Crippen molar-refractivity contribution in [1.29, 1.82) is 0 Å². The summed E-state index contributed by atoms with van der Waals surface area (Å²) in [6.45, 7) is 15.6. The highest BCUT2D eigenvalue weighted by molar-refractivity contribution is 7.94. The number of rotatable bonds is 26. The van der Waals surface area contributed by atoms with Crippen molar-refractivity contribution in [3.8, 4) is 40.2 Å². The second-order valence-corrected chi connectivity index (χ2v) is 15.6. The third-order valence-electron chi connectivity index (χ3n) is 8.77. The highest BCUT2D eigenvalue weighted by atomic mass is 32.2. The Morgan fingerprint density at radius 3 is 1.31 bits per heavy atom. The van der Waals surface area contributed by atoms with E-state index in [2.05, 4.69) is 26.6 Å². The van der Waals surface area contributed by atoms with E-state index in [0.29, 0.717) is 43.7 Å². The van der Waals surface area contributed by atoms with E-state index >= 15 is 0 Å². The van der Waals surface area contributed by atoms with Gasteiger partial charge in [0, 0.05) is 18.6 Å². The average molecular weight is 1050 g/mol. The van der Waals surface area contributed by atoms with Gasteiger partial charge in [-0.2, -0.15) is 11.8 Å². The zero-order valence-electron chi connectivity index (χ0n) is 39.9. The van der Waals surface area contributed by atoms with Gasteiger partial charge in [0.2, 0.25) is 0 Å². The Bertz CT molecular complexity index is 2050.